The first-order valence-electron chi connectivity index (χ1n) is 15.2. The van der Waals surface area contributed by atoms with Crippen molar-refractivity contribution in [1.82, 2.24) is 0 Å². The fourth-order valence-electron chi connectivity index (χ4n) is 9.51. The van der Waals surface area contributed by atoms with Crippen molar-refractivity contribution in [3.05, 3.63) is 23.3 Å². The molecule has 228 valence electrons. The van der Waals surface area contributed by atoms with Crippen LogP contribution >= 0.6 is 0 Å². The fraction of sp³-hybridized carbons (Fsp3) is 0.806. The molecule has 6 rings (SSSR count). The van der Waals surface area contributed by atoms with Crippen LogP contribution in [0.3, 0.4) is 0 Å². The van der Waals surface area contributed by atoms with Crippen LogP contribution in [0.5, 0.6) is 0 Å². The van der Waals surface area contributed by atoms with Gasteiger partial charge in [-0.25, -0.2) is 4.79 Å². The van der Waals surface area contributed by atoms with Gasteiger partial charge in [0.05, 0.1) is 17.8 Å². The summed E-state index contributed by atoms with van der Waals surface area (Å²) in [4.78, 5) is 23.9. The number of hydrogen-bond acceptors (Lipinski definition) is 10. The van der Waals surface area contributed by atoms with Crippen molar-refractivity contribution in [2.45, 2.75) is 115 Å². The van der Waals surface area contributed by atoms with Crippen molar-refractivity contribution in [3.63, 3.8) is 0 Å². The van der Waals surface area contributed by atoms with Crippen LogP contribution in [-0.2, 0) is 28.5 Å². The first-order valence-corrected chi connectivity index (χ1v) is 15.2. The largest absolute Gasteiger partial charge is 0.465 e. The molecule has 4 aliphatic carbocycles. The zero-order valence-corrected chi connectivity index (χ0v) is 24.2. The Morgan fingerprint density at radius 1 is 1.07 bits per heavy atom. The number of fused-ring (bicyclic) bond motifs is 5. The molecule has 0 amide bonds. The predicted molar refractivity (Wildman–Crippen MR) is 144 cm³/mol. The molecule has 4 N–H and O–H groups in total. The maximum absolute atomic E-state index is 12.5. The Bertz CT molecular complexity index is 1130. The maximum atomic E-state index is 12.5. The van der Waals surface area contributed by atoms with Crippen LogP contribution in [0, 0.1) is 28.6 Å². The number of hydrogen-bond donors (Lipinski definition) is 4. The van der Waals surface area contributed by atoms with Gasteiger partial charge >= 0.3 is 11.9 Å². The highest BCUT2D eigenvalue weighted by Crippen LogP contribution is 2.69. The van der Waals surface area contributed by atoms with Crippen molar-refractivity contribution < 1.29 is 49.0 Å². The Kier molecular flexibility index (Phi) is 7.43. The van der Waals surface area contributed by atoms with E-state index in [-0.39, 0.29) is 47.8 Å². The van der Waals surface area contributed by atoms with Gasteiger partial charge in [0.15, 0.2) is 6.29 Å². The minimum atomic E-state index is -1.37. The first kappa shape index (κ1) is 29.3. The van der Waals surface area contributed by atoms with Crippen LogP contribution in [0.25, 0.3) is 0 Å². The third kappa shape index (κ3) is 4.52. The van der Waals surface area contributed by atoms with Gasteiger partial charge in [-0.05, 0) is 81.6 Å². The molecule has 41 heavy (non-hydrogen) atoms. The van der Waals surface area contributed by atoms with E-state index in [0.717, 1.165) is 30.4 Å². The number of aliphatic hydroxyl groups is 4. The monoisotopic (exact) mass is 576 g/mol. The summed E-state index contributed by atoms with van der Waals surface area (Å²) in [6, 6.07) is 0. The number of cyclic esters (lactones) is 1. The summed E-state index contributed by atoms with van der Waals surface area (Å²) in [5.41, 5.74) is 0.418. The van der Waals surface area contributed by atoms with Crippen molar-refractivity contribution in [2.24, 2.45) is 28.6 Å². The van der Waals surface area contributed by atoms with Gasteiger partial charge < -0.3 is 39.4 Å². The molecule has 10 nitrogen and oxygen atoms in total. The lowest BCUT2D eigenvalue weighted by atomic mass is 9.45. The third-order valence-corrected chi connectivity index (χ3v) is 11.8. The molecular weight excluding hydrogens is 532 g/mol. The summed E-state index contributed by atoms with van der Waals surface area (Å²) in [5, 5.41) is 43.3. The molecule has 12 atom stereocenters. The Morgan fingerprint density at radius 3 is 2.56 bits per heavy atom. The second-order valence-corrected chi connectivity index (χ2v) is 13.6. The Balaban J connectivity index is 1.26. The van der Waals surface area contributed by atoms with Gasteiger partial charge in [0.25, 0.3) is 0 Å². The second kappa shape index (κ2) is 10.4. The highest BCUT2D eigenvalue weighted by Gasteiger charge is 2.67. The summed E-state index contributed by atoms with van der Waals surface area (Å²) >= 11 is 0. The summed E-state index contributed by atoms with van der Waals surface area (Å²) in [7, 11) is 0. The standard InChI is InChI=1S/C31H44O10/c1-16-25(34)26(35)27(36)28(40-16)41-20-6-10-30(15-39-17(2)32)19(13-20)4-5-23-22(30)7-9-29(3)21(8-11-31(23,29)37)18-12-24(33)38-14-18/h4,12,16,20-23,25-28,34-37H,5-11,13-15H2,1-3H3. The minimum absolute atomic E-state index is 0.0115. The Hall–Kier alpha value is -1.82. The zero-order valence-electron chi connectivity index (χ0n) is 24.2. The highest BCUT2D eigenvalue weighted by molar-refractivity contribution is 5.85. The molecule has 12 unspecified atom stereocenters. The summed E-state index contributed by atoms with van der Waals surface area (Å²) in [6.45, 7) is 5.78. The molecule has 0 radical (unpaired) electrons. The smallest absolute Gasteiger partial charge is 0.331 e. The number of ether oxygens (including phenoxy) is 4. The summed E-state index contributed by atoms with van der Waals surface area (Å²) in [6.07, 6.45) is 3.60. The molecule has 0 aromatic rings. The predicted octanol–water partition coefficient (Wildman–Crippen LogP) is 1.92. The van der Waals surface area contributed by atoms with Crippen LogP contribution in [0.15, 0.2) is 23.3 Å². The van der Waals surface area contributed by atoms with E-state index in [0.29, 0.717) is 38.7 Å². The van der Waals surface area contributed by atoms with Gasteiger partial charge in [-0.1, -0.05) is 18.6 Å². The molecule has 2 aliphatic heterocycles. The normalized spacial score (nSPS) is 49.2. The van der Waals surface area contributed by atoms with E-state index in [1.165, 1.54) is 6.92 Å². The number of carbonyl (C=O) groups excluding carboxylic acids is 2. The number of carbonyl (C=O) groups is 2. The number of esters is 2. The SMILES string of the molecule is CC(=O)OCC12CCC(OC3OC(C)C(O)C(O)C3O)CC1=CCC1C2CCC2(C)C(C3=CC(=O)OC3)CCC12O. The lowest BCUT2D eigenvalue weighted by molar-refractivity contribution is -0.306. The van der Waals surface area contributed by atoms with E-state index >= 15 is 0 Å². The quantitative estimate of drug-likeness (QED) is 0.282. The van der Waals surface area contributed by atoms with E-state index in [1.807, 2.05) is 0 Å². The van der Waals surface area contributed by atoms with Crippen LogP contribution in [0.4, 0.5) is 0 Å². The van der Waals surface area contributed by atoms with Gasteiger partial charge in [-0.15, -0.1) is 0 Å². The fourth-order valence-corrected chi connectivity index (χ4v) is 9.51. The molecule has 6 aliphatic rings. The van der Waals surface area contributed by atoms with Crippen LogP contribution in [0.1, 0.15) is 72.1 Å². The molecule has 10 heteroatoms. The maximum Gasteiger partial charge on any atom is 0.331 e. The van der Waals surface area contributed by atoms with E-state index < -0.39 is 41.7 Å². The first-order chi connectivity index (χ1) is 19.4. The van der Waals surface area contributed by atoms with Crippen LogP contribution in [-0.4, -0.2) is 88.0 Å². The molecule has 0 bridgehead atoms. The lowest BCUT2D eigenvalue weighted by Gasteiger charge is -2.62. The molecule has 4 fully saturated rings. The molecule has 0 spiro atoms. The molecule has 1 saturated heterocycles. The molecular formula is C31H44O10. The highest BCUT2D eigenvalue weighted by atomic mass is 16.7. The van der Waals surface area contributed by atoms with Crippen LogP contribution < -0.4 is 0 Å². The van der Waals surface area contributed by atoms with E-state index in [1.54, 1.807) is 13.0 Å². The zero-order chi connectivity index (χ0) is 29.3. The van der Waals surface area contributed by atoms with Crippen molar-refractivity contribution >= 4 is 11.9 Å². The Labute approximate surface area is 240 Å². The summed E-state index contributed by atoms with van der Waals surface area (Å²) in [5.74, 6) is -0.440. The average molecular weight is 577 g/mol. The number of rotatable bonds is 5. The van der Waals surface area contributed by atoms with E-state index in [2.05, 4.69) is 13.0 Å². The average Bonchev–Trinajstić information content (AvgIpc) is 3.48. The molecule has 0 aromatic heterocycles. The van der Waals surface area contributed by atoms with Crippen LogP contribution in [0.2, 0.25) is 0 Å². The van der Waals surface area contributed by atoms with Gasteiger partial charge in [0, 0.05) is 23.8 Å². The van der Waals surface area contributed by atoms with E-state index in [9.17, 15) is 30.0 Å². The van der Waals surface area contributed by atoms with Gasteiger partial charge in [-0.3, -0.25) is 4.79 Å². The summed E-state index contributed by atoms with van der Waals surface area (Å²) < 4.78 is 22.9. The Morgan fingerprint density at radius 2 is 1.85 bits per heavy atom. The van der Waals surface area contributed by atoms with Crippen molar-refractivity contribution in [2.75, 3.05) is 13.2 Å². The molecule has 2 heterocycles. The minimum Gasteiger partial charge on any atom is -0.465 e. The molecule has 3 saturated carbocycles. The van der Waals surface area contributed by atoms with Crippen molar-refractivity contribution in [1.29, 1.82) is 0 Å². The van der Waals surface area contributed by atoms with E-state index in [4.69, 9.17) is 18.9 Å². The van der Waals surface area contributed by atoms with Crippen molar-refractivity contribution in [3.8, 4) is 0 Å². The second-order valence-electron chi connectivity index (χ2n) is 13.6. The van der Waals surface area contributed by atoms with Gasteiger partial charge in [0.2, 0.25) is 0 Å². The number of aliphatic hydroxyl groups excluding tert-OH is 3. The topological polar surface area (TPSA) is 152 Å². The number of allylic oxidation sites excluding steroid dienone is 1. The van der Waals surface area contributed by atoms with Gasteiger partial charge in [-0.2, -0.15) is 0 Å². The molecule has 0 aromatic carbocycles. The third-order valence-electron chi connectivity index (χ3n) is 11.8. The van der Waals surface area contributed by atoms with Gasteiger partial charge in [0.1, 0.15) is 31.5 Å². The lowest BCUT2D eigenvalue weighted by Crippen LogP contribution is -2.62.